The summed E-state index contributed by atoms with van der Waals surface area (Å²) in [4.78, 5) is 12.5. The molecule has 9 heteroatoms. The number of nitrogens with two attached hydrogens (primary N) is 1. The molecule has 0 spiro atoms. The van der Waals surface area contributed by atoms with Crippen LogP contribution in [0.4, 0.5) is 5.69 Å². The quantitative estimate of drug-likeness (QED) is 0.691. The number of sulfonamides is 1. The van der Waals surface area contributed by atoms with E-state index in [-0.39, 0.29) is 35.2 Å². The molecule has 1 aromatic rings. The standard InChI is InChI=1S/C19H29N3O4S.ClH/c1-2-26-17-9-8-15(21-19(23)12-14-6-5-7-16(14)20)13-18(17)27(24,25)22-10-3-4-11-22;/h8-9,13-14,16H,2-7,10-12,20H2,1H3,(H,21,23);1H/t14-,16+;/m0./s1. The molecule has 2 fully saturated rings. The summed E-state index contributed by atoms with van der Waals surface area (Å²) in [6, 6.07) is 4.87. The van der Waals surface area contributed by atoms with Crippen molar-refractivity contribution in [2.24, 2.45) is 11.7 Å². The van der Waals surface area contributed by atoms with Gasteiger partial charge in [0.15, 0.2) is 0 Å². The second kappa shape index (κ2) is 9.91. The van der Waals surface area contributed by atoms with Crippen LogP contribution in [0.15, 0.2) is 23.1 Å². The zero-order valence-corrected chi connectivity index (χ0v) is 17.9. The van der Waals surface area contributed by atoms with Crippen LogP contribution in [0.3, 0.4) is 0 Å². The van der Waals surface area contributed by atoms with Crippen LogP contribution in [-0.2, 0) is 14.8 Å². The van der Waals surface area contributed by atoms with Crippen LogP contribution in [0.25, 0.3) is 0 Å². The first-order valence-electron chi connectivity index (χ1n) is 9.74. The molecule has 1 saturated carbocycles. The van der Waals surface area contributed by atoms with Gasteiger partial charge in [-0.2, -0.15) is 4.31 Å². The third-order valence-corrected chi connectivity index (χ3v) is 7.30. The highest BCUT2D eigenvalue weighted by Crippen LogP contribution is 2.32. The van der Waals surface area contributed by atoms with Gasteiger partial charge in [0.05, 0.1) is 6.61 Å². The van der Waals surface area contributed by atoms with Crippen molar-refractivity contribution in [2.75, 3.05) is 25.0 Å². The Morgan fingerprint density at radius 2 is 1.96 bits per heavy atom. The molecule has 1 heterocycles. The van der Waals surface area contributed by atoms with E-state index in [2.05, 4.69) is 5.32 Å². The van der Waals surface area contributed by atoms with Gasteiger partial charge in [0.2, 0.25) is 15.9 Å². The Balaban J connectivity index is 0.00000280. The molecule has 2 atom stereocenters. The van der Waals surface area contributed by atoms with Crippen molar-refractivity contribution in [3.05, 3.63) is 18.2 Å². The third-order valence-electron chi connectivity index (χ3n) is 5.38. The topological polar surface area (TPSA) is 102 Å². The molecule has 0 aromatic heterocycles. The van der Waals surface area contributed by atoms with Gasteiger partial charge in [0.1, 0.15) is 10.6 Å². The first kappa shape index (κ1) is 22.9. The van der Waals surface area contributed by atoms with Crippen molar-refractivity contribution < 1.29 is 17.9 Å². The number of ether oxygens (including phenoxy) is 1. The molecule has 3 N–H and O–H groups in total. The molecule has 0 radical (unpaired) electrons. The van der Waals surface area contributed by atoms with Crippen molar-refractivity contribution in [1.29, 1.82) is 0 Å². The monoisotopic (exact) mass is 431 g/mol. The maximum Gasteiger partial charge on any atom is 0.246 e. The highest BCUT2D eigenvalue weighted by molar-refractivity contribution is 7.89. The molecule has 28 heavy (non-hydrogen) atoms. The van der Waals surface area contributed by atoms with Crippen LogP contribution in [0, 0.1) is 5.92 Å². The highest BCUT2D eigenvalue weighted by atomic mass is 35.5. The van der Waals surface area contributed by atoms with Crippen LogP contribution in [-0.4, -0.2) is 44.4 Å². The van der Waals surface area contributed by atoms with E-state index in [0.29, 0.717) is 37.6 Å². The van der Waals surface area contributed by atoms with Crippen LogP contribution in [0.5, 0.6) is 5.75 Å². The summed E-state index contributed by atoms with van der Waals surface area (Å²) in [5.74, 6) is 0.381. The van der Waals surface area contributed by atoms with Gasteiger partial charge in [-0.05, 0) is 56.7 Å². The summed E-state index contributed by atoms with van der Waals surface area (Å²) in [5.41, 5.74) is 6.51. The minimum absolute atomic E-state index is 0. The predicted octanol–water partition coefficient (Wildman–Crippen LogP) is 2.75. The molecule has 7 nitrogen and oxygen atoms in total. The molecule has 0 bridgehead atoms. The van der Waals surface area contributed by atoms with Crippen LogP contribution in [0.1, 0.15) is 45.4 Å². The van der Waals surface area contributed by atoms with E-state index >= 15 is 0 Å². The largest absolute Gasteiger partial charge is 0.492 e. The molecular weight excluding hydrogens is 402 g/mol. The van der Waals surface area contributed by atoms with Crippen molar-refractivity contribution in [3.8, 4) is 5.75 Å². The second-order valence-corrected chi connectivity index (χ2v) is 9.22. The van der Waals surface area contributed by atoms with Gasteiger partial charge >= 0.3 is 0 Å². The maximum absolute atomic E-state index is 13.0. The molecule has 3 rings (SSSR count). The summed E-state index contributed by atoms with van der Waals surface area (Å²) in [6.45, 7) is 3.22. The van der Waals surface area contributed by atoms with Crippen LogP contribution < -0.4 is 15.8 Å². The van der Waals surface area contributed by atoms with E-state index < -0.39 is 10.0 Å². The average molecular weight is 432 g/mol. The fraction of sp³-hybridized carbons (Fsp3) is 0.632. The Bertz CT molecular complexity index is 781. The summed E-state index contributed by atoms with van der Waals surface area (Å²) < 4.78 is 33.0. The number of carbonyl (C=O) groups is 1. The second-order valence-electron chi connectivity index (χ2n) is 7.31. The predicted molar refractivity (Wildman–Crippen MR) is 111 cm³/mol. The van der Waals surface area contributed by atoms with Crippen molar-refractivity contribution in [1.82, 2.24) is 4.31 Å². The van der Waals surface area contributed by atoms with Gasteiger partial charge in [-0.3, -0.25) is 4.79 Å². The lowest BCUT2D eigenvalue weighted by molar-refractivity contribution is -0.117. The summed E-state index contributed by atoms with van der Waals surface area (Å²) in [5, 5.41) is 2.83. The third kappa shape index (κ3) is 5.17. The number of nitrogens with zero attached hydrogens (tertiary/aromatic N) is 1. The number of hydrogen-bond acceptors (Lipinski definition) is 5. The Morgan fingerprint density at radius 3 is 2.57 bits per heavy atom. The van der Waals surface area contributed by atoms with Gasteiger partial charge in [-0.1, -0.05) is 6.42 Å². The Morgan fingerprint density at radius 1 is 1.25 bits per heavy atom. The Hall–Kier alpha value is -1.35. The number of hydrogen-bond donors (Lipinski definition) is 2. The number of rotatable bonds is 7. The first-order valence-corrected chi connectivity index (χ1v) is 11.2. The van der Waals surface area contributed by atoms with Gasteiger partial charge in [-0.25, -0.2) is 8.42 Å². The Labute approximate surface area is 173 Å². The highest BCUT2D eigenvalue weighted by Gasteiger charge is 2.31. The van der Waals surface area contributed by atoms with E-state index in [1.165, 1.54) is 10.4 Å². The molecule has 2 aliphatic rings. The van der Waals surface area contributed by atoms with E-state index in [9.17, 15) is 13.2 Å². The van der Waals surface area contributed by atoms with Gasteiger partial charge < -0.3 is 15.8 Å². The van der Waals surface area contributed by atoms with Gasteiger partial charge in [0, 0.05) is 31.2 Å². The number of carbonyl (C=O) groups excluding carboxylic acids is 1. The van der Waals surface area contributed by atoms with Crippen LogP contribution in [0.2, 0.25) is 0 Å². The van der Waals surface area contributed by atoms with Crippen LogP contribution >= 0.6 is 12.4 Å². The molecule has 0 unspecified atom stereocenters. The van der Waals surface area contributed by atoms with Gasteiger partial charge in [0.25, 0.3) is 0 Å². The summed E-state index contributed by atoms with van der Waals surface area (Å²) in [6.07, 6.45) is 5.07. The zero-order valence-electron chi connectivity index (χ0n) is 16.2. The first-order chi connectivity index (χ1) is 12.9. The SMILES string of the molecule is CCOc1ccc(NC(=O)C[C@@H]2CCC[C@H]2N)cc1S(=O)(=O)N1CCCC1.Cl. The normalized spacial score (nSPS) is 22.6. The smallest absolute Gasteiger partial charge is 0.246 e. The lowest BCUT2D eigenvalue weighted by Crippen LogP contribution is -2.29. The molecule has 158 valence electrons. The molecule has 1 aliphatic carbocycles. The molecule has 1 amide bonds. The molecule has 1 aliphatic heterocycles. The molecular formula is C19H30ClN3O4S. The minimum Gasteiger partial charge on any atom is -0.492 e. The lowest BCUT2D eigenvalue weighted by atomic mass is 10.00. The number of benzene rings is 1. The van der Waals surface area contributed by atoms with E-state index in [4.69, 9.17) is 10.5 Å². The summed E-state index contributed by atoms with van der Waals surface area (Å²) in [7, 11) is -3.64. The molecule has 1 saturated heterocycles. The van der Waals surface area contributed by atoms with Crippen molar-refractivity contribution >= 4 is 34.0 Å². The maximum atomic E-state index is 13.0. The van der Waals surface area contributed by atoms with Crippen molar-refractivity contribution in [3.63, 3.8) is 0 Å². The number of amides is 1. The number of anilines is 1. The Kier molecular flexibility index (Phi) is 8.12. The van der Waals surface area contributed by atoms with E-state index in [0.717, 1.165) is 32.1 Å². The fourth-order valence-electron chi connectivity index (χ4n) is 3.90. The number of nitrogens with one attached hydrogen (secondary N) is 1. The molecule has 1 aromatic carbocycles. The lowest BCUT2D eigenvalue weighted by Gasteiger charge is -2.19. The number of halogens is 1. The van der Waals surface area contributed by atoms with E-state index in [1.807, 2.05) is 6.92 Å². The fourth-order valence-corrected chi connectivity index (χ4v) is 5.57. The van der Waals surface area contributed by atoms with Gasteiger partial charge in [-0.15, -0.1) is 12.4 Å². The van der Waals surface area contributed by atoms with Crippen molar-refractivity contribution in [2.45, 2.75) is 56.4 Å². The zero-order chi connectivity index (χ0) is 19.4. The minimum atomic E-state index is -3.64. The van der Waals surface area contributed by atoms with E-state index in [1.54, 1.807) is 12.1 Å². The average Bonchev–Trinajstić information content (AvgIpc) is 3.29. The summed E-state index contributed by atoms with van der Waals surface area (Å²) >= 11 is 0.